The summed E-state index contributed by atoms with van der Waals surface area (Å²) in [5.74, 6) is 1.57. The van der Waals surface area contributed by atoms with E-state index in [1.165, 1.54) is 16.7 Å². The Morgan fingerprint density at radius 3 is 2.75 bits per heavy atom. The monoisotopic (exact) mass is 322 g/mol. The summed E-state index contributed by atoms with van der Waals surface area (Å²) < 4.78 is 5.14. The minimum atomic E-state index is 0.146. The van der Waals surface area contributed by atoms with Gasteiger partial charge >= 0.3 is 0 Å². The smallest absolute Gasteiger partial charge is 0.160 e. The molecule has 4 heteroatoms. The summed E-state index contributed by atoms with van der Waals surface area (Å²) in [5.41, 5.74) is 4.68. The minimum Gasteiger partial charge on any atom is -0.504 e. The van der Waals surface area contributed by atoms with E-state index in [1.54, 1.807) is 13.2 Å². The third-order valence-corrected chi connectivity index (χ3v) is 4.07. The van der Waals surface area contributed by atoms with E-state index in [9.17, 15) is 5.11 Å². The van der Waals surface area contributed by atoms with Gasteiger partial charge in [0.15, 0.2) is 11.5 Å². The Morgan fingerprint density at radius 1 is 1.21 bits per heavy atom. The first-order valence-electron chi connectivity index (χ1n) is 8.07. The third-order valence-electron chi connectivity index (χ3n) is 4.07. The number of nitrogens with one attached hydrogen (secondary N) is 1. The van der Waals surface area contributed by atoms with Crippen molar-refractivity contribution in [3.63, 3.8) is 0 Å². The van der Waals surface area contributed by atoms with Gasteiger partial charge in [-0.1, -0.05) is 35.9 Å². The molecule has 4 nitrogen and oxygen atoms in total. The van der Waals surface area contributed by atoms with Crippen molar-refractivity contribution in [2.75, 3.05) is 13.7 Å². The molecule has 2 aromatic carbocycles. The van der Waals surface area contributed by atoms with Crippen LogP contribution in [0.2, 0.25) is 0 Å². The lowest BCUT2D eigenvalue weighted by Gasteiger charge is -2.06. The van der Waals surface area contributed by atoms with Crippen molar-refractivity contribution in [3.8, 4) is 11.5 Å². The van der Waals surface area contributed by atoms with Crippen LogP contribution in [0.1, 0.15) is 23.1 Å². The van der Waals surface area contributed by atoms with Crippen LogP contribution < -0.4 is 10.1 Å². The molecule has 2 N–H and O–H groups in total. The van der Waals surface area contributed by atoms with Crippen LogP contribution >= 0.6 is 0 Å². The second-order valence-corrected chi connectivity index (χ2v) is 5.93. The first-order chi connectivity index (χ1) is 11.7. The van der Waals surface area contributed by atoms with Crippen molar-refractivity contribution < 1.29 is 9.84 Å². The molecule has 124 valence electrons. The predicted octanol–water partition coefficient (Wildman–Crippen LogP) is 3.68. The number of aryl methyl sites for hydroxylation is 1. The molecular formula is C20H22N2O2. The molecule has 0 atom stereocenters. The van der Waals surface area contributed by atoms with Crippen LogP contribution in [-0.4, -0.2) is 24.6 Å². The van der Waals surface area contributed by atoms with E-state index in [-0.39, 0.29) is 5.75 Å². The Bertz CT molecular complexity index is 777. The van der Waals surface area contributed by atoms with E-state index in [2.05, 4.69) is 42.6 Å². The van der Waals surface area contributed by atoms with Crippen molar-refractivity contribution in [3.05, 3.63) is 64.7 Å². The molecule has 1 saturated heterocycles. The Morgan fingerprint density at radius 2 is 2.00 bits per heavy atom. The predicted molar refractivity (Wildman–Crippen MR) is 97.6 cm³/mol. The van der Waals surface area contributed by atoms with Crippen LogP contribution in [0.4, 0.5) is 0 Å². The molecule has 1 aliphatic heterocycles. The van der Waals surface area contributed by atoms with Crippen LogP contribution in [0.5, 0.6) is 11.5 Å². The van der Waals surface area contributed by atoms with Crippen LogP contribution in [0, 0.1) is 6.92 Å². The van der Waals surface area contributed by atoms with E-state index in [0.29, 0.717) is 12.3 Å². The van der Waals surface area contributed by atoms with Gasteiger partial charge < -0.3 is 15.2 Å². The van der Waals surface area contributed by atoms with E-state index in [4.69, 9.17) is 9.73 Å². The molecule has 0 aliphatic carbocycles. The molecule has 0 aromatic heterocycles. The molecule has 0 unspecified atom stereocenters. The highest BCUT2D eigenvalue weighted by molar-refractivity contribution is 6.03. The second-order valence-electron chi connectivity index (χ2n) is 5.93. The van der Waals surface area contributed by atoms with Crippen molar-refractivity contribution in [1.29, 1.82) is 0 Å². The first kappa shape index (κ1) is 16.1. The fourth-order valence-electron chi connectivity index (χ4n) is 2.70. The number of hydrogen-bond donors (Lipinski definition) is 2. The van der Waals surface area contributed by atoms with Gasteiger partial charge in [-0.25, -0.2) is 0 Å². The highest BCUT2D eigenvalue weighted by Gasteiger charge is 2.14. The number of rotatable bonds is 4. The molecular weight excluding hydrogens is 300 g/mol. The van der Waals surface area contributed by atoms with Crippen molar-refractivity contribution in [2.45, 2.75) is 19.9 Å². The average Bonchev–Trinajstić information content (AvgIpc) is 3.03. The maximum atomic E-state index is 9.66. The maximum Gasteiger partial charge on any atom is 0.160 e. The van der Waals surface area contributed by atoms with Gasteiger partial charge in [0, 0.05) is 6.54 Å². The zero-order valence-corrected chi connectivity index (χ0v) is 14.0. The molecule has 1 aliphatic rings. The molecule has 0 spiro atoms. The number of phenols is 1. The third kappa shape index (κ3) is 3.77. The molecule has 1 heterocycles. The maximum absolute atomic E-state index is 9.66. The number of aromatic hydroxyl groups is 1. The zero-order valence-electron chi connectivity index (χ0n) is 14.0. The Hall–Kier alpha value is -2.75. The summed E-state index contributed by atoms with van der Waals surface area (Å²) in [6.45, 7) is 3.55. The van der Waals surface area contributed by atoms with Crippen molar-refractivity contribution >= 4 is 11.9 Å². The number of phenolic OH excluding ortho intramolecular Hbond substituents is 1. The van der Waals surface area contributed by atoms with E-state index >= 15 is 0 Å². The van der Waals surface area contributed by atoms with Crippen molar-refractivity contribution in [2.24, 2.45) is 4.99 Å². The number of amidine groups is 1. The Labute approximate surface area is 142 Å². The zero-order chi connectivity index (χ0) is 16.9. The fraction of sp³-hybridized carbons (Fsp3) is 0.250. The lowest BCUT2D eigenvalue weighted by atomic mass is 10.1. The second kappa shape index (κ2) is 7.21. The number of ether oxygens (including phenoxy) is 1. The first-order valence-corrected chi connectivity index (χ1v) is 8.07. The molecule has 1 fully saturated rings. The van der Waals surface area contributed by atoms with Gasteiger partial charge in [0.1, 0.15) is 5.84 Å². The standard InChI is InChI=1S/C20H22N2O2/c1-14-3-5-15(6-4-14)11-17-9-10-21-20(17)22-13-16-7-8-18(23)19(12-16)24-2/h3-8,11-12,23H,9-10,13H2,1-2H3,(H,21,22). The molecule has 24 heavy (non-hydrogen) atoms. The number of nitrogens with zero attached hydrogens (tertiary/aromatic N) is 1. The molecule has 2 aromatic rings. The van der Waals surface area contributed by atoms with Gasteiger partial charge in [-0.3, -0.25) is 4.99 Å². The lowest BCUT2D eigenvalue weighted by molar-refractivity contribution is 0.373. The van der Waals surface area contributed by atoms with Crippen LogP contribution in [0.15, 0.2) is 53.0 Å². The van der Waals surface area contributed by atoms with Gasteiger partial charge in [-0.2, -0.15) is 0 Å². The summed E-state index contributed by atoms with van der Waals surface area (Å²) in [5, 5.41) is 13.0. The summed E-state index contributed by atoms with van der Waals surface area (Å²) in [4.78, 5) is 4.69. The summed E-state index contributed by atoms with van der Waals surface area (Å²) in [6, 6.07) is 13.8. The van der Waals surface area contributed by atoms with Gasteiger partial charge in [0.25, 0.3) is 0 Å². The molecule has 3 rings (SSSR count). The highest BCUT2D eigenvalue weighted by Crippen LogP contribution is 2.26. The van der Waals surface area contributed by atoms with Gasteiger partial charge in [-0.05, 0) is 48.3 Å². The van der Waals surface area contributed by atoms with E-state index < -0.39 is 0 Å². The summed E-state index contributed by atoms with van der Waals surface area (Å²) in [6.07, 6.45) is 3.17. The molecule has 0 bridgehead atoms. The number of methoxy groups -OCH3 is 1. The van der Waals surface area contributed by atoms with Gasteiger partial charge in [0.05, 0.1) is 13.7 Å². The SMILES string of the molecule is COc1cc(CN=C2NCCC2=Cc2ccc(C)cc2)ccc1O. The molecule has 0 amide bonds. The molecule has 0 radical (unpaired) electrons. The normalized spacial score (nSPS) is 17.2. The van der Waals surface area contributed by atoms with Crippen LogP contribution in [0.3, 0.4) is 0 Å². The van der Waals surface area contributed by atoms with E-state index in [1.807, 2.05) is 12.1 Å². The van der Waals surface area contributed by atoms with Gasteiger partial charge in [0.2, 0.25) is 0 Å². The van der Waals surface area contributed by atoms with Crippen molar-refractivity contribution in [1.82, 2.24) is 5.32 Å². The fourth-order valence-corrected chi connectivity index (χ4v) is 2.70. The number of aliphatic imine (C=N–C) groups is 1. The summed E-state index contributed by atoms with van der Waals surface area (Å²) in [7, 11) is 1.55. The average molecular weight is 322 g/mol. The Kier molecular flexibility index (Phi) is 4.85. The van der Waals surface area contributed by atoms with Gasteiger partial charge in [-0.15, -0.1) is 0 Å². The topological polar surface area (TPSA) is 53.8 Å². The molecule has 0 saturated carbocycles. The highest BCUT2D eigenvalue weighted by atomic mass is 16.5. The number of benzene rings is 2. The lowest BCUT2D eigenvalue weighted by Crippen LogP contribution is -2.15. The minimum absolute atomic E-state index is 0.146. The summed E-state index contributed by atoms with van der Waals surface area (Å²) >= 11 is 0. The van der Waals surface area contributed by atoms with Crippen LogP contribution in [-0.2, 0) is 6.54 Å². The largest absolute Gasteiger partial charge is 0.504 e. The Balaban J connectivity index is 1.77. The van der Waals surface area contributed by atoms with Crippen LogP contribution in [0.25, 0.3) is 6.08 Å². The quantitative estimate of drug-likeness (QED) is 0.903. The van der Waals surface area contributed by atoms with E-state index in [0.717, 1.165) is 24.4 Å². The number of hydrogen-bond acceptors (Lipinski definition) is 3.